The van der Waals surface area contributed by atoms with Gasteiger partial charge in [-0.3, -0.25) is 4.79 Å². The van der Waals surface area contributed by atoms with Crippen LogP contribution in [0.4, 0.5) is 0 Å². The molecule has 1 fully saturated rings. The zero-order valence-electron chi connectivity index (χ0n) is 14.3. The van der Waals surface area contributed by atoms with Crippen LogP contribution in [-0.4, -0.2) is 37.1 Å². The van der Waals surface area contributed by atoms with Crippen molar-refractivity contribution in [2.45, 2.75) is 66.7 Å². The van der Waals surface area contributed by atoms with Crippen LogP contribution in [0.3, 0.4) is 0 Å². The lowest BCUT2D eigenvalue weighted by molar-refractivity contribution is -0.133. The van der Waals surface area contributed by atoms with E-state index in [4.69, 9.17) is 4.74 Å². The summed E-state index contributed by atoms with van der Waals surface area (Å²) in [6, 6.07) is 0. The summed E-state index contributed by atoms with van der Waals surface area (Å²) >= 11 is 0. The third kappa shape index (κ3) is 8.57. The van der Waals surface area contributed by atoms with E-state index in [0.717, 1.165) is 58.4 Å². The average molecular weight is 285 g/mol. The Labute approximate surface area is 126 Å². The molecule has 0 N–H and O–H groups in total. The van der Waals surface area contributed by atoms with Gasteiger partial charge in [0, 0.05) is 32.7 Å². The molecule has 0 radical (unpaired) electrons. The number of hydrogen-bond acceptors (Lipinski definition) is 2. The van der Waals surface area contributed by atoms with Gasteiger partial charge in [-0.25, -0.2) is 0 Å². The Kier molecular flexibility index (Phi) is 11.8. The Hall–Kier alpha value is -0.570. The summed E-state index contributed by atoms with van der Waals surface area (Å²) in [5, 5.41) is 0. The average Bonchev–Trinajstić information content (AvgIpc) is 2.47. The van der Waals surface area contributed by atoms with E-state index in [1.54, 1.807) is 0 Å². The van der Waals surface area contributed by atoms with Crippen LogP contribution < -0.4 is 0 Å². The van der Waals surface area contributed by atoms with E-state index in [1.165, 1.54) is 0 Å². The quantitative estimate of drug-likeness (QED) is 0.704. The molecule has 1 aliphatic rings. The van der Waals surface area contributed by atoms with Crippen molar-refractivity contribution in [1.82, 2.24) is 4.90 Å². The van der Waals surface area contributed by atoms with Gasteiger partial charge in [0.25, 0.3) is 0 Å². The van der Waals surface area contributed by atoms with Gasteiger partial charge in [-0.1, -0.05) is 34.1 Å². The summed E-state index contributed by atoms with van der Waals surface area (Å²) in [6.07, 6.45) is 5.14. The molecule has 0 aromatic carbocycles. The third-order valence-corrected chi connectivity index (χ3v) is 3.70. The largest absolute Gasteiger partial charge is 0.381 e. The number of rotatable bonds is 7. The number of carbonyl (C=O) groups is 1. The first-order chi connectivity index (χ1) is 9.63. The van der Waals surface area contributed by atoms with Crippen molar-refractivity contribution in [3.05, 3.63) is 0 Å². The van der Waals surface area contributed by atoms with Gasteiger partial charge in [0.15, 0.2) is 0 Å². The van der Waals surface area contributed by atoms with E-state index >= 15 is 0 Å². The zero-order chi connectivity index (χ0) is 15.4. The Morgan fingerprint density at radius 3 is 2.35 bits per heavy atom. The number of ether oxygens (including phenoxy) is 1. The van der Waals surface area contributed by atoms with Gasteiger partial charge in [0.05, 0.1) is 0 Å². The topological polar surface area (TPSA) is 29.5 Å². The maximum absolute atomic E-state index is 12.0. The molecule has 0 saturated carbocycles. The van der Waals surface area contributed by atoms with Crippen molar-refractivity contribution in [2.24, 2.45) is 11.8 Å². The van der Waals surface area contributed by atoms with E-state index in [-0.39, 0.29) is 0 Å². The van der Waals surface area contributed by atoms with Crippen molar-refractivity contribution in [1.29, 1.82) is 0 Å². The first-order valence-corrected chi connectivity index (χ1v) is 8.49. The zero-order valence-corrected chi connectivity index (χ0v) is 14.3. The van der Waals surface area contributed by atoms with Crippen LogP contribution in [0.5, 0.6) is 0 Å². The minimum atomic E-state index is 0.352. The van der Waals surface area contributed by atoms with Gasteiger partial charge in [-0.2, -0.15) is 0 Å². The highest BCUT2D eigenvalue weighted by Crippen LogP contribution is 2.19. The Morgan fingerprint density at radius 2 is 1.85 bits per heavy atom. The molecule has 0 aromatic rings. The summed E-state index contributed by atoms with van der Waals surface area (Å²) < 4.78 is 5.46. The van der Waals surface area contributed by atoms with Gasteiger partial charge in [-0.15, -0.1) is 0 Å². The van der Waals surface area contributed by atoms with E-state index in [9.17, 15) is 4.79 Å². The second-order valence-corrected chi connectivity index (χ2v) is 5.77. The monoisotopic (exact) mass is 285 g/mol. The first kappa shape index (κ1) is 19.4. The summed E-state index contributed by atoms with van der Waals surface area (Å²) in [5.41, 5.74) is 0. The molecular weight excluding hydrogens is 250 g/mol. The number of hydrogen-bond donors (Lipinski definition) is 0. The molecule has 0 atom stereocenters. The smallest absolute Gasteiger partial charge is 0.222 e. The molecule has 1 aliphatic heterocycles. The third-order valence-electron chi connectivity index (χ3n) is 3.70. The maximum Gasteiger partial charge on any atom is 0.222 e. The molecule has 0 aliphatic carbocycles. The predicted molar refractivity (Wildman–Crippen MR) is 85.8 cm³/mol. The van der Waals surface area contributed by atoms with Crippen molar-refractivity contribution in [3.63, 3.8) is 0 Å². The summed E-state index contributed by atoms with van der Waals surface area (Å²) in [7, 11) is 0. The molecule has 1 heterocycles. The minimum Gasteiger partial charge on any atom is -0.381 e. The van der Waals surface area contributed by atoms with E-state index in [0.29, 0.717) is 17.7 Å². The summed E-state index contributed by atoms with van der Waals surface area (Å²) in [5.74, 6) is 1.71. The van der Waals surface area contributed by atoms with E-state index in [2.05, 4.69) is 13.8 Å². The van der Waals surface area contributed by atoms with E-state index < -0.39 is 0 Å². The summed E-state index contributed by atoms with van der Waals surface area (Å²) in [6.45, 7) is 14.0. The normalized spacial score (nSPS) is 16.0. The molecule has 20 heavy (non-hydrogen) atoms. The summed E-state index contributed by atoms with van der Waals surface area (Å²) in [4.78, 5) is 14.0. The molecule has 3 nitrogen and oxygen atoms in total. The van der Waals surface area contributed by atoms with Crippen LogP contribution in [0.25, 0.3) is 0 Å². The lowest BCUT2D eigenvalue weighted by Gasteiger charge is -2.32. The van der Waals surface area contributed by atoms with Crippen molar-refractivity contribution in [3.8, 4) is 0 Å². The lowest BCUT2D eigenvalue weighted by atomic mass is 9.97. The fraction of sp³-hybridized carbons (Fsp3) is 0.941. The second-order valence-electron chi connectivity index (χ2n) is 5.77. The molecule has 1 amide bonds. The predicted octanol–water partition coefficient (Wildman–Crippen LogP) is 4.11. The van der Waals surface area contributed by atoms with Crippen molar-refractivity contribution in [2.75, 3.05) is 26.3 Å². The molecule has 0 aromatic heterocycles. The van der Waals surface area contributed by atoms with Gasteiger partial charge < -0.3 is 9.64 Å². The number of piperidine rings is 1. The second kappa shape index (κ2) is 12.2. The standard InChI is InChI=1S/C15H29NO2.C2H6/c1-4-18-12-14-8-10-16(11-9-14)15(17)7-5-6-13(2)3;1-2/h13-14H,4-12H2,1-3H3;1-2H3. The molecular formula is C17H35NO2. The highest BCUT2D eigenvalue weighted by Gasteiger charge is 2.22. The Balaban J connectivity index is 0.00000172. The lowest BCUT2D eigenvalue weighted by Crippen LogP contribution is -2.39. The molecule has 3 heteroatoms. The molecule has 120 valence electrons. The molecule has 1 rings (SSSR count). The van der Waals surface area contributed by atoms with E-state index in [1.807, 2.05) is 25.7 Å². The molecule has 0 unspecified atom stereocenters. The van der Waals surface area contributed by atoms with Gasteiger partial charge in [0.1, 0.15) is 0 Å². The van der Waals surface area contributed by atoms with Crippen molar-refractivity contribution < 1.29 is 9.53 Å². The number of likely N-dealkylation sites (tertiary alicyclic amines) is 1. The first-order valence-electron chi connectivity index (χ1n) is 8.49. The fourth-order valence-corrected chi connectivity index (χ4v) is 2.45. The van der Waals surface area contributed by atoms with Crippen LogP contribution >= 0.6 is 0 Å². The fourth-order valence-electron chi connectivity index (χ4n) is 2.45. The molecule has 0 bridgehead atoms. The van der Waals surface area contributed by atoms with Crippen LogP contribution in [0, 0.1) is 11.8 Å². The van der Waals surface area contributed by atoms with Crippen LogP contribution in [0.1, 0.15) is 66.7 Å². The number of amides is 1. The minimum absolute atomic E-state index is 0.352. The van der Waals surface area contributed by atoms with Crippen LogP contribution in [0.2, 0.25) is 0 Å². The molecule has 0 spiro atoms. The van der Waals surface area contributed by atoms with Gasteiger partial charge >= 0.3 is 0 Å². The number of carbonyl (C=O) groups excluding carboxylic acids is 1. The highest BCUT2D eigenvalue weighted by atomic mass is 16.5. The van der Waals surface area contributed by atoms with Crippen LogP contribution in [-0.2, 0) is 9.53 Å². The SMILES string of the molecule is CC.CCOCC1CCN(C(=O)CCCC(C)C)CC1. The van der Waals surface area contributed by atoms with Gasteiger partial charge in [0.2, 0.25) is 5.91 Å². The maximum atomic E-state index is 12.0. The highest BCUT2D eigenvalue weighted by molar-refractivity contribution is 5.76. The van der Waals surface area contributed by atoms with Crippen LogP contribution in [0.15, 0.2) is 0 Å². The Bertz CT molecular complexity index is 233. The molecule has 1 saturated heterocycles. The Morgan fingerprint density at radius 1 is 1.25 bits per heavy atom. The van der Waals surface area contributed by atoms with Gasteiger partial charge in [-0.05, 0) is 38.0 Å². The number of nitrogens with zero attached hydrogens (tertiary/aromatic N) is 1. The van der Waals surface area contributed by atoms with Crippen molar-refractivity contribution >= 4 is 5.91 Å².